The molecule has 0 saturated heterocycles. The third-order valence-corrected chi connectivity index (χ3v) is 3.64. The van der Waals surface area contributed by atoms with Gasteiger partial charge in [0.25, 0.3) is 0 Å². The molecule has 0 aliphatic heterocycles. The Morgan fingerprint density at radius 3 is 2.10 bits per heavy atom. The van der Waals surface area contributed by atoms with E-state index in [1.165, 1.54) is 22.3 Å². The molecule has 0 fully saturated rings. The van der Waals surface area contributed by atoms with Gasteiger partial charge in [-0.25, -0.2) is 0 Å². The van der Waals surface area contributed by atoms with E-state index in [2.05, 4.69) is 44.2 Å². The molecule has 2 aromatic carbocycles. The monoisotopic (exact) mass is 269 g/mol. The Morgan fingerprint density at radius 1 is 1.00 bits per heavy atom. The summed E-state index contributed by atoms with van der Waals surface area (Å²) in [7, 11) is 1.69. The Morgan fingerprint density at radius 2 is 1.60 bits per heavy atom. The SMILES string of the molecule is COc1ccc(C(CN)Cc2cc(C)cc(C)c2)cc1. The number of ether oxygens (including phenoxy) is 1. The Kier molecular flexibility index (Phi) is 4.80. The number of benzene rings is 2. The van der Waals surface area contributed by atoms with Crippen LogP contribution in [0.4, 0.5) is 0 Å². The molecule has 2 heteroatoms. The number of aryl methyl sites for hydroxylation is 2. The first-order valence-electron chi connectivity index (χ1n) is 7.03. The number of nitrogens with two attached hydrogens (primary N) is 1. The topological polar surface area (TPSA) is 35.2 Å². The molecule has 1 atom stereocenters. The highest BCUT2D eigenvalue weighted by Crippen LogP contribution is 2.23. The van der Waals surface area contributed by atoms with Crippen LogP contribution in [0.25, 0.3) is 0 Å². The van der Waals surface area contributed by atoms with Crippen LogP contribution in [-0.2, 0) is 6.42 Å². The van der Waals surface area contributed by atoms with Crippen LogP contribution >= 0.6 is 0 Å². The average molecular weight is 269 g/mol. The second kappa shape index (κ2) is 6.58. The third kappa shape index (κ3) is 3.61. The fourth-order valence-corrected chi connectivity index (χ4v) is 2.68. The predicted octanol–water partition coefficient (Wildman–Crippen LogP) is 3.60. The standard InChI is InChI=1S/C18H23NO/c1-13-8-14(2)10-15(9-13)11-17(12-19)16-4-6-18(20-3)7-5-16/h4-10,17H,11-12,19H2,1-3H3. The van der Waals surface area contributed by atoms with Gasteiger partial charge in [0.1, 0.15) is 5.75 Å². The molecular formula is C18H23NO. The summed E-state index contributed by atoms with van der Waals surface area (Å²) in [5.41, 5.74) is 11.2. The lowest BCUT2D eigenvalue weighted by molar-refractivity contribution is 0.414. The maximum atomic E-state index is 5.97. The third-order valence-electron chi connectivity index (χ3n) is 3.64. The van der Waals surface area contributed by atoms with Gasteiger partial charge in [0.05, 0.1) is 7.11 Å². The molecule has 2 nitrogen and oxygen atoms in total. The van der Waals surface area contributed by atoms with Crippen molar-refractivity contribution in [2.45, 2.75) is 26.2 Å². The molecule has 0 amide bonds. The van der Waals surface area contributed by atoms with E-state index in [0.717, 1.165) is 12.2 Å². The molecular weight excluding hydrogens is 246 g/mol. The van der Waals surface area contributed by atoms with Gasteiger partial charge in [-0.2, -0.15) is 0 Å². The molecule has 20 heavy (non-hydrogen) atoms. The molecule has 2 N–H and O–H groups in total. The van der Waals surface area contributed by atoms with Crippen LogP contribution in [0.15, 0.2) is 42.5 Å². The van der Waals surface area contributed by atoms with Crippen LogP contribution in [-0.4, -0.2) is 13.7 Å². The van der Waals surface area contributed by atoms with Crippen molar-refractivity contribution >= 4 is 0 Å². The molecule has 0 radical (unpaired) electrons. The highest BCUT2D eigenvalue weighted by Gasteiger charge is 2.11. The van der Waals surface area contributed by atoms with E-state index in [0.29, 0.717) is 12.5 Å². The zero-order valence-electron chi connectivity index (χ0n) is 12.5. The van der Waals surface area contributed by atoms with Crippen LogP contribution in [0, 0.1) is 13.8 Å². The Bertz CT molecular complexity index is 540. The van der Waals surface area contributed by atoms with Crippen molar-refractivity contribution in [2.75, 3.05) is 13.7 Å². The molecule has 0 bridgehead atoms. The van der Waals surface area contributed by atoms with Gasteiger partial charge in [0, 0.05) is 5.92 Å². The zero-order chi connectivity index (χ0) is 14.5. The van der Waals surface area contributed by atoms with E-state index in [9.17, 15) is 0 Å². The highest BCUT2D eigenvalue weighted by molar-refractivity contribution is 5.33. The fraction of sp³-hybridized carbons (Fsp3) is 0.333. The smallest absolute Gasteiger partial charge is 0.118 e. The molecule has 0 spiro atoms. The highest BCUT2D eigenvalue weighted by atomic mass is 16.5. The lowest BCUT2D eigenvalue weighted by Crippen LogP contribution is -2.15. The quantitative estimate of drug-likeness (QED) is 0.900. The van der Waals surface area contributed by atoms with Gasteiger partial charge in [0.15, 0.2) is 0 Å². The van der Waals surface area contributed by atoms with Crippen molar-refractivity contribution < 1.29 is 4.74 Å². The second-order valence-electron chi connectivity index (χ2n) is 5.41. The van der Waals surface area contributed by atoms with Crippen LogP contribution in [0.5, 0.6) is 5.75 Å². The number of methoxy groups -OCH3 is 1. The minimum atomic E-state index is 0.349. The van der Waals surface area contributed by atoms with E-state index in [-0.39, 0.29) is 0 Å². The average Bonchev–Trinajstić information content (AvgIpc) is 2.44. The predicted molar refractivity (Wildman–Crippen MR) is 84.4 cm³/mol. The van der Waals surface area contributed by atoms with Crippen LogP contribution in [0.3, 0.4) is 0 Å². The van der Waals surface area contributed by atoms with Crippen molar-refractivity contribution in [3.05, 3.63) is 64.7 Å². The Balaban J connectivity index is 2.19. The minimum absolute atomic E-state index is 0.349. The van der Waals surface area contributed by atoms with Crippen molar-refractivity contribution in [1.29, 1.82) is 0 Å². The lowest BCUT2D eigenvalue weighted by atomic mass is 9.91. The van der Waals surface area contributed by atoms with Gasteiger partial charge < -0.3 is 10.5 Å². The van der Waals surface area contributed by atoms with Crippen molar-refractivity contribution in [1.82, 2.24) is 0 Å². The van der Waals surface area contributed by atoms with Crippen molar-refractivity contribution in [2.24, 2.45) is 5.73 Å². The summed E-state index contributed by atoms with van der Waals surface area (Å²) in [6.07, 6.45) is 0.978. The van der Waals surface area contributed by atoms with Crippen LogP contribution in [0.2, 0.25) is 0 Å². The molecule has 2 rings (SSSR count). The van der Waals surface area contributed by atoms with Crippen LogP contribution in [0.1, 0.15) is 28.2 Å². The zero-order valence-corrected chi connectivity index (χ0v) is 12.5. The van der Waals surface area contributed by atoms with Crippen molar-refractivity contribution in [3.63, 3.8) is 0 Å². The summed E-state index contributed by atoms with van der Waals surface area (Å²) in [4.78, 5) is 0. The van der Waals surface area contributed by atoms with Gasteiger partial charge >= 0.3 is 0 Å². The van der Waals surface area contributed by atoms with Crippen LogP contribution < -0.4 is 10.5 Å². The summed E-state index contributed by atoms with van der Waals surface area (Å²) in [6, 6.07) is 14.9. The first-order valence-corrected chi connectivity index (χ1v) is 7.03. The van der Waals surface area contributed by atoms with Gasteiger partial charge in [-0.3, -0.25) is 0 Å². The summed E-state index contributed by atoms with van der Waals surface area (Å²) in [6.45, 7) is 4.93. The molecule has 0 aromatic heterocycles. The summed E-state index contributed by atoms with van der Waals surface area (Å²) in [5.74, 6) is 1.23. The molecule has 2 aromatic rings. The van der Waals surface area contributed by atoms with E-state index >= 15 is 0 Å². The minimum Gasteiger partial charge on any atom is -0.497 e. The molecule has 0 heterocycles. The maximum absolute atomic E-state index is 5.97. The second-order valence-corrected chi connectivity index (χ2v) is 5.41. The number of hydrogen-bond acceptors (Lipinski definition) is 2. The Hall–Kier alpha value is -1.80. The van der Waals surface area contributed by atoms with E-state index in [1.54, 1.807) is 7.11 Å². The van der Waals surface area contributed by atoms with E-state index < -0.39 is 0 Å². The molecule has 1 unspecified atom stereocenters. The maximum Gasteiger partial charge on any atom is 0.118 e. The molecule has 0 aliphatic rings. The summed E-state index contributed by atoms with van der Waals surface area (Å²) >= 11 is 0. The molecule has 106 valence electrons. The van der Waals surface area contributed by atoms with Crippen molar-refractivity contribution in [3.8, 4) is 5.75 Å². The van der Waals surface area contributed by atoms with Gasteiger partial charge in [-0.15, -0.1) is 0 Å². The Labute approximate surface area is 121 Å². The first kappa shape index (κ1) is 14.6. The largest absolute Gasteiger partial charge is 0.497 e. The van der Waals surface area contributed by atoms with Gasteiger partial charge in [0.2, 0.25) is 0 Å². The van der Waals surface area contributed by atoms with Gasteiger partial charge in [-0.05, 0) is 50.1 Å². The lowest BCUT2D eigenvalue weighted by Gasteiger charge is -2.16. The van der Waals surface area contributed by atoms with E-state index in [1.807, 2.05) is 12.1 Å². The first-order chi connectivity index (χ1) is 9.62. The normalized spacial score (nSPS) is 12.2. The summed E-state index contributed by atoms with van der Waals surface area (Å²) in [5, 5.41) is 0. The number of rotatable bonds is 5. The van der Waals surface area contributed by atoms with E-state index in [4.69, 9.17) is 10.5 Å². The molecule has 0 saturated carbocycles. The summed E-state index contributed by atoms with van der Waals surface area (Å²) < 4.78 is 5.20. The number of hydrogen-bond donors (Lipinski definition) is 1. The fourth-order valence-electron chi connectivity index (χ4n) is 2.68. The molecule has 0 aliphatic carbocycles. The van der Waals surface area contributed by atoms with Gasteiger partial charge in [-0.1, -0.05) is 41.5 Å².